The van der Waals surface area contributed by atoms with E-state index in [1.807, 2.05) is 0 Å². The molecule has 4 heteroatoms. The minimum Gasteiger partial charge on any atom is -0.478 e. The molecule has 64 valence electrons. The monoisotopic (exact) mass is 168 g/mol. The first kappa shape index (κ1) is 10.2. The lowest BCUT2D eigenvalue weighted by molar-refractivity contribution is -0.132. The van der Waals surface area contributed by atoms with Crippen LogP contribution in [0.15, 0.2) is 36.5 Å². The number of carboxylic acid groups (broad SMARTS) is 2. The highest BCUT2D eigenvalue weighted by Crippen LogP contribution is 1.80. The molecule has 0 aliphatic rings. The van der Waals surface area contributed by atoms with Crippen LogP contribution in [0, 0.1) is 0 Å². The van der Waals surface area contributed by atoms with Crippen molar-refractivity contribution in [2.45, 2.75) is 0 Å². The Morgan fingerprint density at radius 1 is 0.750 bits per heavy atom. The number of allylic oxidation sites excluding steroid dienone is 4. The summed E-state index contributed by atoms with van der Waals surface area (Å²) in [6, 6.07) is 0. The van der Waals surface area contributed by atoms with E-state index in [1.165, 1.54) is 24.3 Å². The van der Waals surface area contributed by atoms with Gasteiger partial charge in [-0.1, -0.05) is 24.3 Å². The highest BCUT2D eigenvalue weighted by Gasteiger charge is 1.81. The molecule has 2 N–H and O–H groups in total. The number of aliphatic carboxylic acids is 2. The molecule has 0 aromatic rings. The van der Waals surface area contributed by atoms with Crippen LogP contribution in [0.3, 0.4) is 0 Å². The Morgan fingerprint density at radius 2 is 1.08 bits per heavy atom. The second-order valence-electron chi connectivity index (χ2n) is 1.78. The maximum atomic E-state index is 9.91. The summed E-state index contributed by atoms with van der Waals surface area (Å²) in [6.45, 7) is 0. The van der Waals surface area contributed by atoms with Crippen molar-refractivity contribution < 1.29 is 19.8 Å². The highest BCUT2D eigenvalue weighted by molar-refractivity contribution is 5.80. The molecule has 0 aliphatic heterocycles. The largest absolute Gasteiger partial charge is 0.478 e. The van der Waals surface area contributed by atoms with Gasteiger partial charge in [-0.15, -0.1) is 0 Å². The molecule has 4 nitrogen and oxygen atoms in total. The van der Waals surface area contributed by atoms with Crippen molar-refractivity contribution in [2.24, 2.45) is 0 Å². The zero-order valence-electron chi connectivity index (χ0n) is 6.18. The van der Waals surface area contributed by atoms with E-state index < -0.39 is 11.9 Å². The van der Waals surface area contributed by atoms with Gasteiger partial charge >= 0.3 is 11.9 Å². The summed E-state index contributed by atoms with van der Waals surface area (Å²) >= 11 is 0. The van der Waals surface area contributed by atoms with Crippen LogP contribution in [0.5, 0.6) is 0 Å². The molecular formula is C8H8O4. The summed E-state index contributed by atoms with van der Waals surface area (Å²) in [5, 5.41) is 16.3. The molecule has 0 amide bonds. The summed E-state index contributed by atoms with van der Waals surface area (Å²) < 4.78 is 0. The molecule has 0 radical (unpaired) electrons. The number of hydrogen-bond donors (Lipinski definition) is 2. The summed E-state index contributed by atoms with van der Waals surface area (Å²) in [5.41, 5.74) is 0. The van der Waals surface area contributed by atoms with Crippen molar-refractivity contribution in [3.05, 3.63) is 36.5 Å². The third-order valence-electron chi connectivity index (χ3n) is 0.811. The molecular weight excluding hydrogens is 160 g/mol. The first-order chi connectivity index (χ1) is 5.63. The van der Waals surface area contributed by atoms with Crippen LogP contribution in [-0.4, -0.2) is 22.2 Å². The molecule has 0 saturated carbocycles. The predicted molar refractivity (Wildman–Crippen MR) is 42.7 cm³/mol. The fourth-order valence-corrected chi connectivity index (χ4v) is 0.404. The van der Waals surface area contributed by atoms with E-state index in [0.717, 1.165) is 12.2 Å². The fourth-order valence-electron chi connectivity index (χ4n) is 0.404. The van der Waals surface area contributed by atoms with Gasteiger partial charge in [0.2, 0.25) is 0 Å². The van der Waals surface area contributed by atoms with Gasteiger partial charge < -0.3 is 10.2 Å². The molecule has 0 spiro atoms. The lowest BCUT2D eigenvalue weighted by Crippen LogP contribution is -1.84. The summed E-state index contributed by atoms with van der Waals surface area (Å²) in [4.78, 5) is 19.8. The van der Waals surface area contributed by atoms with Gasteiger partial charge in [0, 0.05) is 12.2 Å². The Labute approximate surface area is 69.1 Å². The Bertz CT molecular complexity index is 222. The summed E-state index contributed by atoms with van der Waals surface area (Å²) in [6.07, 6.45) is 7.35. The van der Waals surface area contributed by atoms with E-state index in [0.29, 0.717) is 0 Å². The maximum absolute atomic E-state index is 9.91. The van der Waals surface area contributed by atoms with Gasteiger partial charge in [-0.2, -0.15) is 0 Å². The Morgan fingerprint density at radius 3 is 1.33 bits per heavy atom. The number of rotatable bonds is 4. The Hall–Kier alpha value is -1.84. The molecule has 0 aromatic carbocycles. The number of carbonyl (C=O) groups is 2. The van der Waals surface area contributed by atoms with Gasteiger partial charge in [-0.25, -0.2) is 9.59 Å². The summed E-state index contributed by atoms with van der Waals surface area (Å²) in [5.74, 6) is -2.08. The van der Waals surface area contributed by atoms with Crippen molar-refractivity contribution >= 4 is 11.9 Å². The van der Waals surface area contributed by atoms with E-state index >= 15 is 0 Å². The summed E-state index contributed by atoms with van der Waals surface area (Å²) in [7, 11) is 0. The molecule has 0 atom stereocenters. The first-order valence-electron chi connectivity index (χ1n) is 3.10. The van der Waals surface area contributed by atoms with Crippen molar-refractivity contribution in [1.82, 2.24) is 0 Å². The highest BCUT2D eigenvalue weighted by atomic mass is 16.4. The van der Waals surface area contributed by atoms with Gasteiger partial charge in [0.05, 0.1) is 0 Å². The molecule has 0 rings (SSSR count). The first-order valence-corrected chi connectivity index (χ1v) is 3.10. The second kappa shape index (κ2) is 5.91. The third kappa shape index (κ3) is 8.16. The second-order valence-corrected chi connectivity index (χ2v) is 1.78. The van der Waals surface area contributed by atoms with E-state index in [9.17, 15) is 9.59 Å². The van der Waals surface area contributed by atoms with Gasteiger partial charge in [-0.3, -0.25) is 0 Å². The van der Waals surface area contributed by atoms with E-state index in [1.54, 1.807) is 0 Å². The number of carboxylic acids is 2. The van der Waals surface area contributed by atoms with Crippen LogP contribution in [0.25, 0.3) is 0 Å². The molecule has 0 saturated heterocycles. The lowest BCUT2D eigenvalue weighted by atomic mass is 10.4. The van der Waals surface area contributed by atoms with Crippen LogP contribution in [0.1, 0.15) is 0 Å². The van der Waals surface area contributed by atoms with Gasteiger partial charge in [0.1, 0.15) is 0 Å². The van der Waals surface area contributed by atoms with Crippen LogP contribution in [0.2, 0.25) is 0 Å². The van der Waals surface area contributed by atoms with Crippen LogP contribution in [0.4, 0.5) is 0 Å². The van der Waals surface area contributed by atoms with Crippen LogP contribution < -0.4 is 0 Å². The molecule has 0 aliphatic carbocycles. The van der Waals surface area contributed by atoms with Crippen molar-refractivity contribution in [3.8, 4) is 0 Å². The number of hydrogen-bond acceptors (Lipinski definition) is 2. The van der Waals surface area contributed by atoms with E-state index in [4.69, 9.17) is 10.2 Å². The van der Waals surface area contributed by atoms with E-state index in [-0.39, 0.29) is 0 Å². The zero-order valence-corrected chi connectivity index (χ0v) is 6.18. The van der Waals surface area contributed by atoms with Gasteiger partial charge in [-0.05, 0) is 0 Å². The zero-order chi connectivity index (χ0) is 9.40. The van der Waals surface area contributed by atoms with Crippen LogP contribution in [-0.2, 0) is 9.59 Å². The minimum atomic E-state index is -1.04. The molecule has 0 unspecified atom stereocenters. The van der Waals surface area contributed by atoms with Gasteiger partial charge in [0.15, 0.2) is 0 Å². The van der Waals surface area contributed by atoms with Crippen molar-refractivity contribution in [1.29, 1.82) is 0 Å². The molecule has 0 bridgehead atoms. The topological polar surface area (TPSA) is 74.6 Å². The third-order valence-corrected chi connectivity index (χ3v) is 0.811. The van der Waals surface area contributed by atoms with E-state index in [2.05, 4.69) is 0 Å². The van der Waals surface area contributed by atoms with Crippen molar-refractivity contribution in [3.63, 3.8) is 0 Å². The van der Waals surface area contributed by atoms with Gasteiger partial charge in [0.25, 0.3) is 0 Å². The Balaban J connectivity index is 3.78. The minimum absolute atomic E-state index is 0.950. The predicted octanol–water partition coefficient (Wildman–Crippen LogP) is 0.824. The standard InChI is InChI=1S/C8H8O4/c9-7(10)5-3-1-2-4-6-8(11)12/h1-6H,(H,9,10)(H,11,12)/b2-1-,5-3-,6-4-. The Kier molecular flexibility index (Phi) is 5.00. The molecule has 0 heterocycles. The maximum Gasteiger partial charge on any atom is 0.328 e. The smallest absolute Gasteiger partial charge is 0.328 e. The average Bonchev–Trinajstić information content (AvgIpc) is 1.95. The molecule has 12 heavy (non-hydrogen) atoms. The quantitative estimate of drug-likeness (QED) is 0.481. The van der Waals surface area contributed by atoms with Crippen molar-refractivity contribution in [2.75, 3.05) is 0 Å². The molecule has 0 aromatic heterocycles. The fraction of sp³-hybridized carbons (Fsp3) is 0. The average molecular weight is 168 g/mol. The lowest BCUT2D eigenvalue weighted by Gasteiger charge is -1.75. The normalized spacial score (nSPS) is 11.7. The molecule has 0 fully saturated rings. The SMILES string of the molecule is O=C(O)\C=C/C=C\C=C/C(=O)O. The van der Waals surface area contributed by atoms with Crippen LogP contribution >= 0.6 is 0 Å².